The number of carbonyl (C=O) groups is 1. The number of hydrogen-bond acceptors (Lipinski definition) is 3. The molecular weight excluding hydrogens is 331 g/mol. The SMILES string of the molecule is O=C(NCCCO)Nc1ccccc1SCC1CC1(Cl)Cl. The number of anilines is 1. The molecule has 2 rings (SSSR count). The minimum absolute atomic E-state index is 0.0622. The minimum atomic E-state index is -0.572. The number of urea groups is 1. The minimum Gasteiger partial charge on any atom is -0.396 e. The second kappa shape index (κ2) is 7.58. The van der Waals surface area contributed by atoms with Crippen LogP contribution in [-0.2, 0) is 0 Å². The lowest BCUT2D eigenvalue weighted by Crippen LogP contribution is -2.30. The Balaban J connectivity index is 1.86. The predicted molar refractivity (Wildman–Crippen MR) is 88.4 cm³/mol. The highest BCUT2D eigenvalue weighted by Crippen LogP contribution is 2.55. The van der Waals surface area contributed by atoms with Gasteiger partial charge in [-0.1, -0.05) is 12.1 Å². The third-order valence-corrected chi connectivity index (χ3v) is 5.31. The summed E-state index contributed by atoms with van der Waals surface area (Å²) in [5.74, 6) is 1.13. The molecule has 116 valence electrons. The van der Waals surface area contributed by atoms with Crippen molar-refractivity contribution in [1.82, 2.24) is 5.32 Å². The third kappa shape index (κ3) is 5.25. The van der Waals surface area contributed by atoms with E-state index in [0.29, 0.717) is 18.9 Å². The zero-order valence-corrected chi connectivity index (χ0v) is 13.8. The maximum Gasteiger partial charge on any atom is 0.319 e. The summed E-state index contributed by atoms with van der Waals surface area (Å²) in [4.78, 5) is 12.7. The lowest BCUT2D eigenvalue weighted by Gasteiger charge is -2.11. The average molecular weight is 349 g/mol. The Morgan fingerprint density at radius 1 is 1.43 bits per heavy atom. The molecular formula is C14H18Cl2N2O2S. The Bertz CT molecular complexity index is 500. The fourth-order valence-corrected chi connectivity index (χ4v) is 3.73. The quantitative estimate of drug-likeness (QED) is 0.401. The fraction of sp³-hybridized carbons (Fsp3) is 0.500. The van der Waals surface area contributed by atoms with Crippen LogP contribution in [-0.4, -0.2) is 34.4 Å². The van der Waals surface area contributed by atoms with Gasteiger partial charge in [-0.2, -0.15) is 0 Å². The number of hydrogen-bond donors (Lipinski definition) is 3. The van der Waals surface area contributed by atoms with E-state index in [1.165, 1.54) is 0 Å². The van der Waals surface area contributed by atoms with Gasteiger partial charge in [-0.25, -0.2) is 4.79 Å². The first-order chi connectivity index (χ1) is 10.0. The Labute approximate surface area is 138 Å². The van der Waals surface area contributed by atoms with Crippen LogP contribution in [0.15, 0.2) is 29.2 Å². The van der Waals surface area contributed by atoms with Gasteiger partial charge in [0.2, 0.25) is 0 Å². The number of para-hydroxylation sites is 1. The summed E-state index contributed by atoms with van der Waals surface area (Å²) in [6.45, 7) is 0.507. The predicted octanol–water partition coefficient (Wildman–Crippen LogP) is 3.48. The molecule has 0 aliphatic heterocycles. The number of thioether (sulfide) groups is 1. The lowest BCUT2D eigenvalue weighted by molar-refractivity contribution is 0.249. The molecule has 0 spiro atoms. The number of aliphatic hydroxyl groups is 1. The first kappa shape index (κ1) is 16.7. The van der Waals surface area contributed by atoms with Crippen molar-refractivity contribution in [3.8, 4) is 0 Å². The Morgan fingerprint density at radius 2 is 2.14 bits per heavy atom. The molecule has 1 fully saturated rings. The standard InChI is InChI=1S/C14H18Cl2N2O2S/c15-14(16)8-10(14)9-21-12-5-2-1-4-11(12)18-13(20)17-6-3-7-19/h1-2,4-5,10,19H,3,6-9H2,(H2,17,18,20). The fourth-order valence-electron chi connectivity index (χ4n) is 1.78. The second-order valence-electron chi connectivity index (χ2n) is 4.93. The zero-order valence-electron chi connectivity index (χ0n) is 11.4. The molecule has 1 aliphatic rings. The van der Waals surface area contributed by atoms with Gasteiger partial charge in [0.05, 0.1) is 5.69 Å². The summed E-state index contributed by atoms with van der Waals surface area (Å²) in [7, 11) is 0. The van der Waals surface area contributed by atoms with Gasteiger partial charge >= 0.3 is 6.03 Å². The molecule has 21 heavy (non-hydrogen) atoms. The number of amides is 2. The maximum absolute atomic E-state index is 11.7. The second-order valence-corrected chi connectivity index (χ2v) is 7.53. The molecule has 0 bridgehead atoms. The topological polar surface area (TPSA) is 61.4 Å². The number of rotatable bonds is 7. The van der Waals surface area contributed by atoms with E-state index in [2.05, 4.69) is 10.6 Å². The van der Waals surface area contributed by atoms with Gasteiger partial charge in [0.25, 0.3) is 0 Å². The van der Waals surface area contributed by atoms with Gasteiger partial charge in [0, 0.05) is 29.7 Å². The van der Waals surface area contributed by atoms with Crippen molar-refractivity contribution in [2.75, 3.05) is 24.2 Å². The normalized spacial score (nSPS) is 19.1. The molecule has 0 saturated heterocycles. The lowest BCUT2D eigenvalue weighted by atomic mass is 10.3. The zero-order chi connectivity index (χ0) is 15.3. The molecule has 1 aromatic rings. The van der Waals surface area contributed by atoms with E-state index in [4.69, 9.17) is 28.3 Å². The molecule has 0 radical (unpaired) electrons. The largest absolute Gasteiger partial charge is 0.396 e. The third-order valence-electron chi connectivity index (χ3n) is 3.15. The molecule has 2 amide bonds. The van der Waals surface area contributed by atoms with Gasteiger partial charge in [-0.3, -0.25) is 0 Å². The van der Waals surface area contributed by atoms with Crippen LogP contribution in [0.1, 0.15) is 12.8 Å². The Morgan fingerprint density at radius 3 is 2.81 bits per heavy atom. The van der Waals surface area contributed by atoms with Crippen molar-refractivity contribution in [1.29, 1.82) is 0 Å². The summed E-state index contributed by atoms with van der Waals surface area (Å²) in [6.07, 6.45) is 1.36. The Hall–Kier alpha value is -0.620. The van der Waals surface area contributed by atoms with E-state index < -0.39 is 4.33 Å². The van der Waals surface area contributed by atoms with Crippen LogP contribution in [0.2, 0.25) is 0 Å². The summed E-state index contributed by atoms with van der Waals surface area (Å²) < 4.78 is -0.572. The molecule has 1 unspecified atom stereocenters. The highest BCUT2D eigenvalue weighted by atomic mass is 35.5. The molecule has 0 aromatic heterocycles. The molecule has 3 N–H and O–H groups in total. The van der Waals surface area contributed by atoms with Gasteiger partial charge in [-0.15, -0.1) is 35.0 Å². The van der Waals surface area contributed by atoms with E-state index in [-0.39, 0.29) is 12.6 Å². The van der Waals surface area contributed by atoms with Crippen LogP contribution in [0.3, 0.4) is 0 Å². The highest BCUT2D eigenvalue weighted by Gasteiger charge is 2.51. The average Bonchev–Trinajstić information content (AvgIpc) is 3.05. The van der Waals surface area contributed by atoms with Crippen molar-refractivity contribution in [2.45, 2.75) is 22.1 Å². The molecule has 7 heteroatoms. The van der Waals surface area contributed by atoms with Crippen LogP contribution >= 0.6 is 35.0 Å². The van der Waals surface area contributed by atoms with Crippen LogP contribution in [0.5, 0.6) is 0 Å². The van der Waals surface area contributed by atoms with Crippen LogP contribution in [0, 0.1) is 5.92 Å². The Kier molecular flexibility index (Phi) is 6.05. The molecule has 1 atom stereocenters. The van der Waals surface area contributed by atoms with E-state index in [0.717, 1.165) is 22.8 Å². The van der Waals surface area contributed by atoms with Crippen molar-refractivity contribution >= 4 is 46.7 Å². The first-order valence-corrected chi connectivity index (χ1v) is 8.52. The van der Waals surface area contributed by atoms with Crippen LogP contribution in [0.4, 0.5) is 10.5 Å². The first-order valence-electron chi connectivity index (χ1n) is 6.78. The van der Waals surface area contributed by atoms with Gasteiger partial charge in [0.15, 0.2) is 0 Å². The van der Waals surface area contributed by atoms with Crippen molar-refractivity contribution < 1.29 is 9.90 Å². The molecule has 4 nitrogen and oxygen atoms in total. The molecule has 1 aromatic carbocycles. The number of carbonyl (C=O) groups excluding carboxylic acids is 1. The van der Waals surface area contributed by atoms with Gasteiger partial charge in [-0.05, 0) is 25.0 Å². The van der Waals surface area contributed by atoms with E-state index in [9.17, 15) is 4.79 Å². The van der Waals surface area contributed by atoms with Crippen LogP contribution in [0.25, 0.3) is 0 Å². The molecule has 0 heterocycles. The number of aliphatic hydroxyl groups excluding tert-OH is 1. The van der Waals surface area contributed by atoms with E-state index in [1.54, 1.807) is 11.8 Å². The van der Waals surface area contributed by atoms with Crippen LogP contribution < -0.4 is 10.6 Å². The van der Waals surface area contributed by atoms with E-state index >= 15 is 0 Å². The number of benzene rings is 1. The summed E-state index contributed by atoms with van der Waals surface area (Å²) in [5, 5.41) is 14.2. The number of alkyl halides is 2. The number of nitrogens with one attached hydrogen (secondary N) is 2. The molecule has 1 saturated carbocycles. The van der Waals surface area contributed by atoms with Crippen molar-refractivity contribution in [2.24, 2.45) is 5.92 Å². The summed E-state index contributed by atoms with van der Waals surface area (Å²) >= 11 is 13.7. The summed E-state index contributed by atoms with van der Waals surface area (Å²) in [6, 6.07) is 7.35. The van der Waals surface area contributed by atoms with Gasteiger partial charge in [0.1, 0.15) is 4.33 Å². The highest BCUT2D eigenvalue weighted by molar-refractivity contribution is 7.99. The van der Waals surface area contributed by atoms with Crippen molar-refractivity contribution in [3.63, 3.8) is 0 Å². The monoisotopic (exact) mass is 348 g/mol. The molecule has 1 aliphatic carbocycles. The smallest absolute Gasteiger partial charge is 0.319 e. The number of halogens is 2. The van der Waals surface area contributed by atoms with Gasteiger partial charge < -0.3 is 15.7 Å². The van der Waals surface area contributed by atoms with Crippen molar-refractivity contribution in [3.05, 3.63) is 24.3 Å². The maximum atomic E-state index is 11.7. The summed E-state index contributed by atoms with van der Waals surface area (Å²) in [5.41, 5.74) is 0.763. The van der Waals surface area contributed by atoms with E-state index in [1.807, 2.05) is 24.3 Å².